The molecule has 2 saturated heterocycles. The summed E-state index contributed by atoms with van der Waals surface area (Å²) in [7, 11) is 0. The molecule has 0 radical (unpaired) electrons. The summed E-state index contributed by atoms with van der Waals surface area (Å²) in [4.78, 5) is 30.1. The molecule has 0 aromatic carbocycles. The highest BCUT2D eigenvalue weighted by Gasteiger charge is 2.28. The van der Waals surface area contributed by atoms with E-state index >= 15 is 0 Å². The number of thiophene rings is 1. The Morgan fingerprint density at radius 3 is 2.41 bits per heavy atom. The van der Waals surface area contributed by atoms with Crippen molar-refractivity contribution in [3.8, 4) is 0 Å². The van der Waals surface area contributed by atoms with E-state index in [4.69, 9.17) is 0 Å². The minimum atomic E-state index is -0.486. The van der Waals surface area contributed by atoms with E-state index in [0.29, 0.717) is 10.8 Å². The summed E-state index contributed by atoms with van der Waals surface area (Å²) in [6, 6.07) is 3.14. The van der Waals surface area contributed by atoms with Gasteiger partial charge in [0.2, 0.25) is 5.91 Å². The molecular weight excluding hydrogens is 426 g/mol. The van der Waals surface area contributed by atoms with Gasteiger partial charge >= 0.3 is 0 Å². The quantitative estimate of drug-likeness (QED) is 0.735. The molecule has 2 aliphatic rings. The van der Waals surface area contributed by atoms with E-state index in [1.807, 2.05) is 11.0 Å². The van der Waals surface area contributed by atoms with Crippen molar-refractivity contribution in [3.63, 3.8) is 0 Å². The summed E-state index contributed by atoms with van der Waals surface area (Å²) < 4.78 is 0.915. The summed E-state index contributed by atoms with van der Waals surface area (Å²) in [6.07, 6.45) is 7.54. The predicted octanol–water partition coefficient (Wildman–Crippen LogP) is 3.74. The van der Waals surface area contributed by atoms with Crippen molar-refractivity contribution in [2.24, 2.45) is 5.92 Å². The summed E-state index contributed by atoms with van der Waals surface area (Å²) in [5.74, 6) is 0.551. The van der Waals surface area contributed by atoms with Gasteiger partial charge in [-0.1, -0.05) is 12.8 Å². The normalized spacial score (nSPS) is 20.9. The lowest BCUT2D eigenvalue weighted by atomic mass is 9.95. The predicted molar refractivity (Wildman–Crippen MR) is 113 cm³/mol. The number of amides is 2. The van der Waals surface area contributed by atoms with Crippen molar-refractivity contribution >= 4 is 39.1 Å². The molecule has 1 atom stereocenters. The highest BCUT2D eigenvalue weighted by Crippen LogP contribution is 2.23. The summed E-state index contributed by atoms with van der Waals surface area (Å²) >= 11 is 4.74. The Morgan fingerprint density at radius 1 is 1.15 bits per heavy atom. The highest BCUT2D eigenvalue weighted by atomic mass is 79.9. The third-order valence-electron chi connectivity index (χ3n) is 5.66. The highest BCUT2D eigenvalue weighted by molar-refractivity contribution is 9.11. The molecule has 1 N–H and O–H groups in total. The van der Waals surface area contributed by atoms with Gasteiger partial charge < -0.3 is 15.1 Å². The Labute approximate surface area is 174 Å². The third kappa shape index (κ3) is 6.03. The molecule has 27 heavy (non-hydrogen) atoms. The SMILES string of the molecule is CC(NC(=O)c1ccc(Br)s1)C(=O)N1CCC(CN2CCCCCC2)CC1. The molecule has 3 rings (SSSR count). The second kappa shape index (κ2) is 10.0. The first-order valence-electron chi connectivity index (χ1n) is 10.1. The molecule has 1 aromatic heterocycles. The molecule has 0 saturated carbocycles. The van der Waals surface area contributed by atoms with Crippen molar-refractivity contribution in [2.45, 2.75) is 51.5 Å². The lowest BCUT2D eigenvalue weighted by Crippen LogP contribution is -2.50. The average Bonchev–Trinajstić information content (AvgIpc) is 2.94. The van der Waals surface area contributed by atoms with E-state index in [2.05, 4.69) is 26.1 Å². The summed E-state index contributed by atoms with van der Waals surface area (Å²) in [5.41, 5.74) is 0. The van der Waals surface area contributed by atoms with Gasteiger partial charge in [0.1, 0.15) is 6.04 Å². The Hall–Kier alpha value is -0.920. The van der Waals surface area contributed by atoms with E-state index < -0.39 is 6.04 Å². The maximum absolute atomic E-state index is 12.7. The van der Waals surface area contributed by atoms with Crippen LogP contribution in [-0.2, 0) is 4.79 Å². The van der Waals surface area contributed by atoms with Crippen molar-refractivity contribution in [2.75, 3.05) is 32.7 Å². The van der Waals surface area contributed by atoms with Gasteiger partial charge in [0.15, 0.2) is 0 Å². The van der Waals surface area contributed by atoms with Crippen LogP contribution < -0.4 is 5.32 Å². The smallest absolute Gasteiger partial charge is 0.262 e. The number of likely N-dealkylation sites (tertiary alicyclic amines) is 2. The van der Waals surface area contributed by atoms with E-state index in [-0.39, 0.29) is 11.8 Å². The van der Waals surface area contributed by atoms with Gasteiger partial charge in [-0.25, -0.2) is 0 Å². The maximum Gasteiger partial charge on any atom is 0.262 e. The van der Waals surface area contributed by atoms with Crippen LogP contribution in [0.25, 0.3) is 0 Å². The molecule has 150 valence electrons. The van der Waals surface area contributed by atoms with Crippen molar-refractivity contribution in [1.29, 1.82) is 0 Å². The fourth-order valence-corrected chi connectivity index (χ4v) is 5.35. The monoisotopic (exact) mass is 455 g/mol. The number of carbonyl (C=O) groups is 2. The maximum atomic E-state index is 12.7. The Bertz CT molecular complexity index is 635. The molecule has 1 unspecified atom stereocenters. The lowest BCUT2D eigenvalue weighted by Gasteiger charge is -2.35. The van der Waals surface area contributed by atoms with Crippen molar-refractivity contribution < 1.29 is 9.59 Å². The molecule has 2 aliphatic heterocycles. The average molecular weight is 456 g/mol. The zero-order valence-corrected chi connectivity index (χ0v) is 18.5. The van der Waals surface area contributed by atoms with E-state index in [1.165, 1.54) is 56.7 Å². The lowest BCUT2D eigenvalue weighted by molar-refractivity contribution is -0.134. The van der Waals surface area contributed by atoms with E-state index in [9.17, 15) is 9.59 Å². The topological polar surface area (TPSA) is 52.7 Å². The molecule has 1 aromatic rings. The van der Waals surface area contributed by atoms with Crippen LogP contribution >= 0.6 is 27.3 Å². The van der Waals surface area contributed by atoms with Crippen LogP contribution in [0, 0.1) is 5.92 Å². The second-order valence-electron chi connectivity index (χ2n) is 7.78. The van der Waals surface area contributed by atoms with Crippen LogP contribution in [0.5, 0.6) is 0 Å². The van der Waals surface area contributed by atoms with Crippen LogP contribution in [0.2, 0.25) is 0 Å². The van der Waals surface area contributed by atoms with Gasteiger partial charge in [0.05, 0.1) is 8.66 Å². The third-order valence-corrected chi connectivity index (χ3v) is 7.28. The first-order chi connectivity index (χ1) is 13.0. The van der Waals surface area contributed by atoms with E-state index in [1.54, 1.807) is 13.0 Å². The number of nitrogens with one attached hydrogen (secondary N) is 1. The Kier molecular flexibility index (Phi) is 7.73. The molecular formula is C20H30BrN3O2S. The van der Waals surface area contributed by atoms with Gasteiger partial charge in [-0.3, -0.25) is 9.59 Å². The van der Waals surface area contributed by atoms with Gasteiger partial charge in [-0.15, -0.1) is 11.3 Å². The molecule has 3 heterocycles. The number of carbonyl (C=O) groups excluding carboxylic acids is 2. The van der Waals surface area contributed by atoms with Gasteiger partial charge in [-0.2, -0.15) is 0 Å². The van der Waals surface area contributed by atoms with Gasteiger partial charge in [0, 0.05) is 19.6 Å². The van der Waals surface area contributed by atoms with Crippen molar-refractivity contribution in [3.05, 3.63) is 20.8 Å². The number of piperidine rings is 1. The summed E-state index contributed by atoms with van der Waals surface area (Å²) in [6.45, 7) is 7.06. The number of hydrogen-bond donors (Lipinski definition) is 1. The summed E-state index contributed by atoms with van der Waals surface area (Å²) in [5, 5.41) is 2.84. The zero-order valence-electron chi connectivity index (χ0n) is 16.1. The van der Waals surface area contributed by atoms with Crippen molar-refractivity contribution in [1.82, 2.24) is 15.1 Å². The number of nitrogens with zero attached hydrogens (tertiary/aromatic N) is 2. The fourth-order valence-electron chi connectivity index (χ4n) is 4.06. The molecule has 2 fully saturated rings. The van der Waals surface area contributed by atoms with Crippen LogP contribution in [0.3, 0.4) is 0 Å². The van der Waals surface area contributed by atoms with Crippen LogP contribution in [0.4, 0.5) is 0 Å². The largest absolute Gasteiger partial charge is 0.341 e. The van der Waals surface area contributed by atoms with Gasteiger partial charge in [-0.05, 0) is 79.7 Å². The van der Waals surface area contributed by atoms with Crippen LogP contribution in [0.1, 0.15) is 55.1 Å². The standard InChI is InChI=1S/C20H30BrN3O2S/c1-15(22-19(25)17-6-7-18(21)27-17)20(26)24-12-8-16(9-13-24)14-23-10-4-2-3-5-11-23/h6-7,15-16H,2-5,8-14H2,1H3,(H,22,25). The van der Waals surface area contributed by atoms with Crippen LogP contribution in [0.15, 0.2) is 15.9 Å². The minimum absolute atomic E-state index is 0.0344. The molecule has 0 spiro atoms. The first kappa shape index (κ1) is 20.8. The zero-order chi connectivity index (χ0) is 19.2. The van der Waals surface area contributed by atoms with Gasteiger partial charge in [0.25, 0.3) is 5.91 Å². The minimum Gasteiger partial charge on any atom is -0.341 e. The molecule has 0 aliphatic carbocycles. The molecule has 7 heteroatoms. The molecule has 5 nitrogen and oxygen atoms in total. The first-order valence-corrected chi connectivity index (χ1v) is 11.7. The van der Waals surface area contributed by atoms with E-state index in [0.717, 1.165) is 29.7 Å². The number of halogens is 1. The molecule has 0 bridgehead atoms. The fraction of sp³-hybridized carbons (Fsp3) is 0.700. The number of hydrogen-bond acceptors (Lipinski definition) is 4. The second-order valence-corrected chi connectivity index (χ2v) is 10.2. The van der Waals surface area contributed by atoms with Crippen LogP contribution in [-0.4, -0.2) is 60.4 Å². The Morgan fingerprint density at radius 2 is 1.81 bits per heavy atom. The molecule has 2 amide bonds. The Balaban J connectivity index is 1.42. The number of rotatable bonds is 5.